The van der Waals surface area contributed by atoms with Gasteiger partial charge in [0.05, 0.1) is 40.5 Å². The summed E-state index contributed by atoms with van der Waals surface area (Å²) in [6.45, 7) is 3.57. The molecule has 8 nitrogen and oxygen atoms in total. The van der Waals surface area contributed by atoms with Crippen LogP contribution in [0.3, 0.4) is 0 Å². The molecule has 0 aliphatic carbocycles. The van der Waals surface area contributed by atoms with Crippen LogP contribution in [0.4, 0.5) is 0 Å². The highest BCUT2D eigenvalue weighted by Crippen LogP contribution is 2.28. The number of carbonyl (C=O) groups excluding carboxylic acids is 1. The van der Waals surface area contributed by atoms with Crippen molar-refractivity contribution >= 4 is 29.2 Å². The Labute approximate surface area is 200 Å². The minimum absolute atomic E-state index is 0.0481. The van der Waals surface area contributed by atoms with E-state index in [0.29, 0.717) is 32.9 Å². The minimum atomic E-state index is -0.438. The first kappa shape index (κ1) is 22.8. The molecule has 2 aromatic carbocycles. The summed E-state index contributed by atoms with van der Waals surface area (Å²) in [7, 11) is 1.56. The molecule has 2 aromatic heterocycles. The quantitative estimate of drug-likeness (QED) is 0.333. The van der Waals surface area contributed by atoms with E-state index < -0.39 is 5.97 Å². The molecule has 0 atom stereocenters. The number of esters is 1. The molecule has 4 rings (SSSR count). The van der Waals surface area contributed by atoms with Crippen LogP contribution in [0.25, 0.3) is 17.1 Å². The molecule has 0 radical (unpaired) electrons. The lowest BCUT2D eigenvalue weighted by Crippen LogP contribution is -2.09. The first-order valence-corrected chi connectivity index (χ1v) is 10.7. The minimum Gasteiger partial charge on any atom is -0.496 e. The predicted octanol–water partition coefficient (Wildman–Crippen LogP) is 5.14. The smallest absolute Gasteiger partial charge is 0.310 e. The van der Waals surface area contributed by atoms with Crippen LogP contribution in [0.2, 0.25) is 10.0 Å². The summed E-state index contributed by atoms with van der Waals surface area (Å²) in [5.41, 5.74) is 3.72. The number of hydrogen-bond acceptors (Lipinski definition) is 7. The Morgan fingerprint density at radius 1 is 1.12 bits per heavy atom. The van der Waals surface area contributed by atoms with Gasteiger partial charge < -0.3 is 14.0 Å². The van der Waals surface area contributed by atoms with Gasteiger partial charge in [0, 0.05) is 11.3 Å². The van der Waals surface area contributed by atoms with Crippen molar-refractivity contribution in [1.82, 2.24) is 19.9 Å². The number of carbonyl (C=O) groups is 1. The second-order valence-corrected chi connectivity index (χ2v) is 8.02. The summed E-state index contributed by atoms with van der Waals surface area (Å²) >= 11 is 12.1. The Kier molecular flexibility index (Phi) is 6.67. The van der Waals surface area contributed by atoms with E-state index >= 15 is 0 Å². The van der Waals surface area contributed by atoms with Crippen LogP contribution in [0.5, 0.6) is 5.75 Å². The molecule has 0 saturated carbocycles. The van der Waals surface area contributed by atoms with Gasteiger partial charge in [-0.05, 0) is 44.2 Å². The fraction of sp³-hybridized carbons (Fsp3) is 0.217. The summed E-state index contributed by atoms with van der Waals surface area (Å²) in [5.74, 6) is 0.719. The molecule has 0 aliphatic heterocycles. The lowest BCUT2D eigenvalue weighted by molar-refractivity contribution is -0.144. The predicted molar refractivity (Wildman–Crippen MR) is 123 cm³/mol. The highest BCUT2D eigenvalue weighted by Gasteiger charge is 2.19. The number of hydrogen-bond donors (Lipinski definition) is 0. The van der Waals surface area contributed by atoms with Gasteiger partial charge in [-0.25, -0.2) is 4.68 Å². The van der Waals surface area contributed by atoms with E-state index in [1.807, 2.05) is 38.1 Å². The number of para-hydroxylation sites is 1. The number of nitrogens with zero attached hydrogens (tertiary/aromatic N) is 4. The van der Waals surface area contributed by atoms with Crippen molar-refractivity contribution in [3.63, 3.8) is 0 Å². The SMILES string of the molecule is COc1ccccc1-c1noc(COC(=O)Cc2c(C)nn(-c3ccc(Cl)c(Cl)c3)c2C)n1. The molecule has 33 heavy (non-hydrogen) atoms. The van der Waals surface area contributed by atoms with E-state index in [0.717, 1.165) is 16.9 Å². The van der Waals surface area contributed by atoms with Gasteiger partial charge in [0.2, 0.25) is 5.82 Å². The van der Waals surface area contributed by atoms with E-state index in [-0.39, 0.29) is 18.9 Å². The summed E-state index contributed by atoms with van der Waals surface area (Å²) in [5, 5.41) is 9.36. The van der Waals surface area contributed by atoms with Gasteiger partial charge in [0.1, 0.15) is 5.75 Å². The van der Waals surface area contributed by atoms with E-state index in [1.54, 1.807) is 30.0 Å². The third-order valence-electron chi connectivity index (χ3n) is 5.08. The van der Waals surface area contributed by atoms with Crippen molar-refractivity contribution in [3.8, 4) is 22.8 Å². The van der Waals surface area contributed by atoms with Crippen molar-refractivity contribution in [3.05, 3.63) is 75.4 Å². The third kappa shape index (κ3) is 4.86. The molecule has 10 heteroatoms. The van der Waals surface area contributed by atoms with E-state index in [1.165, 1.54) is 0 Å². The highest BCUT2D eigenvalue weighted by atomic mass is 35.5. The average Bonchev–Trinajstić information content (AvgIpc) is 3.39. The Morgan fingerprint density at radius 2 is 1.91 bits per heavy atom. The standard InChI is InChI=1S/C23H20Cl2N4O4/c1-13-17(14(2)29(27-13)15-8-9-18(24)19(25)10-15)11-22(30)32-12-21-26-23(28-33-21)16-6-4-5-7-20(16)31-3/h4-10H,11-12H2,1-3H3. The van der Waals surface area contributed by atoms with Gasteiger partial charge in [0.25, 0.3) is 5.89 Å². The first-order chi connectivity index (χ1) is 15.9. The topological polar surface area (TPSA) is 92.3 Å². The molecule has 170 valence electrons. The van der Waals surface area contributed by atoms with Gasteiger partial charge in [-0.2, -0.15) is 10.1 Å². The number of halogens is 2. The van der Waals surface area contributed by atoms with Crippen LogP contribution < -0.4 is 4.74 Å². The highest BCUT2D eigenvalue weighted by molar-refractivity contribution is 6.42. The Hall–Kier alpha value is -3.36. The summed E-state index contributed by atoms with van der Waals surface area (Å²) in [6.07, 6.45) is 0.0481. The molecule has 0 amide bonds. The van der Waals surface area contributed by atoms with Crippen molar-refractivity contribution in [2.75, 3.05) is 7.11 Å². The maximum absolute atomic E-state index is 12.5. The second-order valence-electron chi connectivity index (χ2n) is 7.21. The Balaban J connectivity index is 1.43. The van der Waals surface area contributed by atoms with Crippen LogP contribution in [-0.4, -0.2) is 33.0 Å². The number of aryl methyl sites for hydroxylation is 1. The molecular formula is C23H20Cl2N4O4. The molecule has 0 aliphatic rings. The number of rotatable bonds is 7. The molecule has 2 heterocycles. The molecule has 0 unspecified atom stereocenters. The third-order valence-corrected chi connectivity index (χ3v) is 5.82. The zero-order chi connectivity index (χ0) is 23.5. The summed E-state index contributed by atoms with van der Waals surface area (Å²) < 4.78 is 17.6. The van der Waals surface area contributed by atoms with Crippen molar-refractivity contribution in [1.29, 1.82) is 0 Å². The van der Waals surface area contributed by atoms with Gasteiger partial charge in [-0.3, -0.25) is 4.79 Å². The first-order valence-electron chi connectivity index (χ1n) is 9.99. The Bertz CT molecular complexity index is 1320. The number of methoxy groups -OCH3 is 1. The largest absolute Gasteiger partial charge is 0.496 e. The van der Waals surface area contributed by atoms with Crippen LogP contribution in [0, 0.1) is 13.8 Å². The molecule has 0 spiro atoms. The molecular weight excluding hydrogens is 467 g/mol. The van der Waals surface area contributed by atoms with Crippen molar-refractivity contribution in [2.45, 2.75) is 26.9 Å². The van der Waals surface area contributed by atoms with Gasteiger partial charge in [-0.15, -0.1) is 0 Å². The number of benzene rings is 2. The van der Waals surface area contributed by atoms with E-state index in [2.05, 4.69) is 15.2 Å². The maximum Gasteiger partial charge on any atom is 0.310 e. The molecule has 4 aromatic rings. The normalized spacial score (nSPS) is 10.9. The van der Waals surface area contributed by atoms with E-state index in [9.17, 15) is 4.79 Å². The van der Waals surface area contributed by atoms with Gasteiger partial charge >= 0.3 is 5.97 Å². The fourth-order valence-corrected chi connectivity index (χ4v) is 3.68. The molecule has 0 saturated heterocycles. The van der Waals surface area contributed by atoms with Gasteiger partial charge in [0.15, 0.2) is 6.61 Å². The van der Waals surface area contributed by atoms with Crippen LogP contribution in [0.1, 0.15) is 22.8 Å². The zero-order valence-corrected chi connectivity index (χ0v) is 19.6. The monoisotopic (exact) mass is 486 g/mol. The lowest BCUT2D eigenvalue weighted by Gasteiger charge is -2.07. The van der Waals surface area contributed by atoms with E-state index in [4.69, 9.17) is 37.2 Å². The molecule has 0 N–H and O–H groups in total. The summed E-state index contributed by atoms with van der Waals surface area (Å²) in [6, 6.07) is 12.5. The second kappa shape index (κ2) is 9.64. The van der Waals surface area contributed by atoms with Crippen LogP contribution in [0.15, 0.2) is 47.0 Å². The lowest BCUT2D eigenvalue weighted by atomic mass is 10.1. The van der Waals surface area contributed by atoms with Crippen LogP contribution >= 0.6 is 23.2 Å². The van der Waals surface area contributed by atoms with Gasteiger partial charge in [-0.1, -0.05) is 40.5 Å². The summed E-state index contributed by atoms with van der Waals surface area (Å²) in [4.78, 5) is 16.8. The fourth-order valence-electron chi connectivity index (χ4n) is 3.39. The number of aromatic nitrogens is 4. The molecule has 0 fully saturated rings. The van der Waals surface area contributed by atoms with Crippen LogP contribution in [-0.2, 0) is 22.6 Å². The zero-order valence-electron chi connectivity index (χ0n) is 18.1. The Morgan fingerprint density at radius 3 is 2.67 bits per heavy atom. The van der Waals surface area contributed by atoms with Crippen molar-refractivity contribution in [2.24, 2.45) is 0 Å². The maximum atomic E-state index is 12.5. The molecule has 0 bridgehead atoms. The number of ether oxygens (including phenoxy) is 2. The average molecular weight is 487 g/mol. The van der Waals surface area contributed by atoms with Crippen molar-refractivity contribution < 1.29 is 18.8 Å².